The van der Waals surface area contributed by atoms with Crippen molar-refractivity contribution in [3.63, 3.8) is 0 Å². The van der Waals surface area contributed by atoms with E-state index in [0.717, 1.165) is 5.56 Å². The van der Waals surface area contributed by atoms with Crippen LogP contribution in [0.5, 0.6) is 5.75 Å². The first-order valence-electron chi connectivity index (χ1n) is 11.1. The third kappa shape index (κ3) is 3.38. The van der Waals surface area contributed by atoms with Crippen molar-refractivity contribution < 1.29 is 36.9 Å². The highest BCUT2D eigenvalue weighted by molar-refractivity contribution is 5.80. The Kier molecular flexibility index (Phi) is 4.94. The van der Waals surface area contributed by atoms with Crippen molar-refractivity contribution in [2.45, 2.75) is 18.8 Å². The molecule has 6 rings (SSSR count). The normalized spacial score (nSPS) is 19.2. The van der Waals surface area contributed by atoms with Crippen LogP contribution in [0.3, 0.4) is 0 Å². The lowest BCUT2D eigenvalue weighted by molar-refractivity contribution is -0.151. The van der Waals surface area contributed by atoms with Crippen LogP contribution in [0.25, 0.3) is 34.0 Å². The number of nitrogens with zero attached hydrogens (tertiary/aromatic N) is 3. The quantitative estimate of drug-likeness (QED) is 0.407. The topological polar surface area (TPSA) is 102 Å². The zero-order chi connectivity index (χ0) is 25.2. The Morgan fingerprint density at radius 2 is 1.78 bits per heavy atom. The van der Waals surface area contributed by atoms with Gasteiger partial charge in [0.05, 0.1) is 17.0 Å². The van der Waals surface area contributed by atoms with Crippen LogP contribution in [0.4, 0.5) is 13.2 Å². The molecule has 1 saturated heterocycles. The molecule has 0 bridgehead atoms. The highest BCUT2D eigenvalue weighted by atomic mass is 19.4. The standard InChI is InChI=1S/C25H18F3N3O5/c1-31-10-15(24(32)33)21(31)13-7-8-14-17(9-13)34-11-16-20(30-35-22(14)16)23-18(25(26,27)28)19(29-36-23)12-5-3-2-4-6-12/h2-9,15,21H,10-11H2,1H3,(H,32,33). The molecule has 2 aliphatic rings. The van der Waals surface area contributed by atoms with E-state index in [1.165, 1.54) is 12.1 Å². The van der Waals surface area contributed by atoms with Crippen LogP contribution in [0.2, 0.25) is 0 Å². The number of ether oxygens (including phenoxy) is 1. The second kappa shape index (κ2) is 7.95. The summed E-state index contributed by atoms with van der Waals surface area (Å²) in [5.41, 5.74) is 0.316. The SMILES string of the molecule is CN1CC(C(=O)O)C1c1ccc2c(c1)OCc1c(-c3onc(-c4ccccc4)c3C(F)(F)F)noc1-2. The summed E-state index contributed by atoms with van der Waals surface area (Å²) in [5, 5.41) is 17.1. The van der Waals surface area contributed by atoms with Crippen LogP contribution in [-0.4, -0.2) is 39.9 Å². The number of rotatable bonds is 4. The van der Waals surface area contributed by atoms with E-state index in [4.69, 9.17) is 13.8 Å². The van der Waals surface area contributed by atoms with Crippen molar-refractivity contribution in [1.82, 2.24) is 15.2 Å². The van der Waals surface area contributed by atoms with Gasteiger partial charge in [0.25, 0.3) is 0 Å². The second-order valence-electron chi connectivity index (χ2n) is 8.81. The Hall–Kier alpha value is -4.12. The predicted molar refractivity (Wildman–Crippen MR) is 119 cm³/mol. The lowest BCUT2D eigenvalue weighted by Gasteiger charge is -2.44. The molecule has 184 valence electrons. The highest BCUT2D eigenvalue weighted by Gasteiger charge is 2.45. The summed E-state index contributed by atoms with van der Waals surface area (Å²) in [6.07, 6.45) is -4.76. The van der Waals surface area contributed by atoms with Crippen molar-refractivity contribution in [1.29, 1.82) is 0 Å². The Bertz CT molecular complexity index is 1480. The average molecular weight is 497 g/mol. The smallest absolute Gasteiger partial charge is 0.422 e. The predicted octanol–water partition coefficient (Wildman–Crippen LogP) is 5.26. The number of halogens is 3. The third-order valence-electron chi connectivity index (χ3n) is 6.65. The largest absolute Gasteiger partial charge is 0.488 e. The molecule has 2 atom stereocenters. The number of carboxylic acid groups (broad SMARTS) is 1. The number of aliphatic carboxylic acids is 1. The zero-order valence-electron chi connectivity index (χ0n) is 18.7. The van der Waals surface area contributed by atoms with Crippen LogP contribution in [0.15, 0.2) is 57.6 Å². The van der Waals surface area contributed by atoms with Gasteiger partial charge in [-0.05, 0) is 24.7 Å². The van der Waals surface area contributed by atoms with Gasteiger partial charge in [0, 0.05) is 18.2 Å². The number of hydrogen-bond donors (Lipinski definition) is 1. The van der Waals surface area contributed by atoms with Crippen molar-refractivity contribution in [3.05, 3.63) is 65.2 Å². The number of hydrogen-bond acceptors (Lipinski definition) is 7. The molecule has 4 aromatic rings. The maximum atomic E-state index is 14.1. The lowest BCUT2D eigenvalue weighted by Crippen LogP contribution is -2.50. The summed E-state index contributed by atoms with van der Waals surface area (Å²) in [7, 11) is 1.84. The summed E-state index contributed by atoms with van der Waals surface area (Å²) < 4.78 is 58.9. The first kappa shape index (κ1) is 22.4. The van der Waals surface area contributed by atoms with Gasteiger partial charge < -0.3 is 18.9 Å². The van der Waals surface area contributed by atoms with Crippen molar-refractivity contribution in [2.24, 2.45) is 5.92 Å². The van der Waals surface area contributed by atoms with Crippen molar-refractivity contribution in [2.75, 3.05) is 13.6 Å². The Morgan fingerprint density at radius 3 is 2.47 bits per heavy atom. The molecule has 2 aromatic heterocycles. The van der Waals surface area contributed by atoms with E-state index < -0.39 is 29.4 Å². The zero-order valence-corrected chi connectivity index (χ0v) is 18.7. The molecule has 0 saturated carbocycles. The molecule has 36 heavy (non-hydrogen) atoms. The van der Waals surface area contributed by atoms with Gasteiger partial charge in [-0.1, -0.05) is 46.7 Å². The number of aromatic nitrogens is 2. The van der Waals surface area contributed by atoms with Gasteiger partial charge in [0.15, 0.2) is 11.5 Å². The number of carboxylic acids is 1. The molecule has 8 nitrogen and oxygen atoms in total. The minimum absolute atomic E-state index is 0.105. The summed E-state index contributed by atoms with van der Waals surface area (Å²) in [5.74, 6) is -1.25. The maximum Gasteiger partial charge on any atom is 0.422 e. The molecule has 2 aliphatic heterocycles. The molecular formula is C25H18F3N3O5. The van der Waals surface area contributed by atoms with Gasteiger partial charge in [-0.15, -0.1) is 0 Å². The van der Waals surface area contributed by atoms with E-state index in [9.17, 15) is 23.1 Å². The maximum absolute atomic E-state index is 14.1. The van der Waals surface area contributed by atoms with Gasteiger partial charge in [-0.2, -0.15) is 13.2 Å². The van der Waals surface area contributed by atoms with Crippen LogP contribution < -0.4 is 4.74 Å². The fraction of sp³-hybridized carbons (Fsp3) is 0.240. The van der Waals surface area contributed by atoms with E-state index in [0.29, 0.717) is 23.4 Å². The van der Waals surface area contributed by atoms with Crippen LogP contribution in [0, 0.1) is 5.92 Å². The van der Waals surface area contributed by atoms with Gasteiger partial charge in [0.2, 0.25) is 5.76 Å². The summed E-state index contributed by atoms with van der Waals surface area (Å²) in [4.78, 5) is 13.4. The fourth-order valence-electron chi connectivity index (χ4n) is 4.91. The van der Waals surface area contributed by atoms with E-state index in [-0.39, 0.29) is 35.4 Å². The van der Waals surface area contributed by atoms with E-state index >= 15 is 0 Å². The first-order chi connectivity index (χ1) is 17.2. The molecule has 0 aliphatic carbocycles. The molecule has 0 radical (unpaired) electrons. The Labute approximate surface area is 201 Å². The van der Waals surface area contributed by atoms with Crippen molar-refractivity contribution in [3.8, 4) is 39.8 Å². The molecule has 11 heteroatoms. The molecule has 2 aromatic carbocycles. The van der Waals surface area contributed by atoms with E-state index in [1.54, 1.807) is 36.4 Å². The number of carbonyl (C=O) groups is 1. The highest BCUT2D eigenvalue weighted by Crippen LogP contribution is 2.48. The Balaban J connectivity index is 1.41. The number of alkyl halides is 3. The molecule has 1 N–H and O–H groups in total. The summed E-state index contributed by atoms with van der Waals surface area (Å²) >= 11 is 0. The minimum atomic E-state index is -4.76. The van der Waals surface area contributed by atoms with E-state index in [2.05, 4.69) is 10.3 Å². The van der Waals surface area contributed by atoms with Crippen molar-refractivity contribution >= 4 is 5.97 Å². The Morgan fingerprint density at radius 1 is 1.06 bits per heavy atom. The second-order valence-corrected chi connectivity index (χ2v) is 8.81. The summed E-state index contributed by atoms with van der Waals surface area (Å²) in [6.45, 7) is 0.337. The number of likely N-dealkylation sites (tertiary alicyclic amines) is 1. The lowest BCUT2D eigenvalue weighted by atomic mass is 9.83. The average Bonchev–Trinajstić information content (AvgIpc) is 3.47. The van der Waals surface area contributed by atoms with Gasteiger partial charge >= 0.3 is 12.1 Å². The van der Waals surface area contributed by atoms with Gasteiger partial charge in [-0.25, -0.2) is 0 Å². The molecule has 1 fully saturated rings. The molecular weight excluding hydrogens is 479 g/mol. The fourth-order valence-corrected chi connectivity index (χ4v) is 4.91. The molecule has 0 amide bonds. The van der Waals surface area contributed by atoms with Gasteiger partial charge in [-0.3, -0.25) is 9.69 Å². The minimum Gasteiger partial charge on any atom is -0.488 e. The number of fused-ring (bicyclic) bond motifs is 3. The van der Waals surface area contributed by atoms with Gasteiger partial charge in [0.1, 0.15) is 23.6 Å². The first-order valence-corrected chi connectivity index (χ1v) is 11.1. The van der Waals surface area contributed by atoms with Crippen LogP contribution >= 0.6 is 0 Å². The third-order valence-corrected chi connectivity index (χ3v) is 6.65. The van der Waals surface area contributed by atoms with Crippen LogP contribution in [0.1, 0.15) is 22.7 Å². The van der Waals surface area contributed by atoms with E-state index in [1.807, 2.05) is 11.9 Å². The molecule has 2 unspecified atom stereocenters. The molecule has 4 heterocycles. The number of benzene rings is 2. The monoisotopic (exact) mass is 497 g/mol. The summed E-state index contributed by atoms with van der Waals surface area (Å²) in [6, 6.07) is 12.8. The molecule has 0 spiro atoms. The van der Waals surface area contributed by atoms with Crippen LogP contribution in [-0.2, 0) is 17.6 Å².